The summed E-state index contributed by atoms with van der Waals surface area (Å²) in [6, 6.07) is 11.9. The van der Waals surface area contributed by atoms with E-state index in [1.54, 1.807) is 48.8 Å². The van der Waals surface area contributed by atoms with Gasteiger partial charge in [0.2, 0.25) is 0 Å². The number of amides is 1. The van der Waals surface area contributed by atoms with Crippen molar-refractivity contribution in [2.45, 2.75) is 6.18 Å². The van der Waals surface area contributed by atoms with Crippen molar-refractivity contribution in [1.29, 1.82) is 0 Å². The van der Waals surface area contributed by atoms with Gasteiger partial charge in [-0.3, -0.25) is 9.78 Å². The van der Waals surface area contributed by atoms with Gasteiger partial charge in [-0.2, -0.15) is 13.2 Å². The number of aromatic amines is 1. The first-order valence-corrected chi connectivity index (χ1v) is 9.34. The van der Waals surface area contributed by atoms with Crippen molar-refractivity contribution >= 4 is 38.6 Å². The van der Waals surface area contributed by atoms with Gasteiger partial charge in [0.05, 0.1) is 11.1 Å². The molecule has 0 saturated heterocycles. The zero-order valence-corrected chi connectivity index (χ0v) is 16.6. The predicted molar refractivity (Wildman–Crippen MR) is 108 cm³/mol. The molecule has 0 aliphatic rings. The molecule has 6 nitrogen and oxygen atoms in total. The molecule has 30 heavy (non-hydrogen) atoms. The van der Waals surface area contributed by atoms with Gasteiger partial charge in [-0.25, -0.2) is 4.98 Å². The summed E-state index contributed by atoms with van der Waals surface area (Å²) < 4.78 is 44.7. The highest BCUT2D eigenvalue weighted by Gasteiger charge is 2.32. The van der Waals surface area contributed by atoms with E-state index in [-0.39, 0.29) is 21.3 Å². The minimum atomic E-state index is -4.51. The molecule has 0 unspecified atom stereocenters. The normalized spacial score (nSPS) is 11.5. The molecule has 0 spiro atoms. The van der Waals surface area contributed by atoms with E-state index in [4.69, 9.17) is 4.74 Å². The van der Waals surface area contributed by atoms with Crippen molar-refractivity contribution in [2.24, 2.45) is 0 Å². The third kappa shape index (κ3) is 4.28. The number of hydrogen-bond acceptors (Lipinski definition) is 4. The van der Waals surface area contributed by atoms with E-state index in [0.717, 1.165) is 12.1 Å². The summed E-state index contributed by atoms with van der Waals surface area (Å²) in [5, 5.41) is 2.64. The van der Waals surface area contributed by atoms with Crippen LogP contribution in [0, 0.1) is 0 Å². The summed E-state index contributed by atoms with van der Waals surface area (Å²) in [5.74, 6) is 0.482. The largest absolute Gasteiger partial charge is 0.457 e. The summed E-state index contributed by atoms with van der Waals surface area (Å²) in [5.41, 5.74) is -0.0444. The lowest BCUT2D eigenvalue weighted by Crippen LogP contribution is -2.13. The van der Waals surface area contributed by atoms with Gasteiger partial charge in [0.25, 0.3) is 5.91 Å². The average Bonchev–Trinajstić information content (AvgIpc) is 3.15. The first kappa shape index (κ1) is 19.9. The smallest absolute Gasteiger partial charge is 0.416 e. The molecule has 0 fully saturated rings. The Hall–Kier alpha value is -3.40. The highest BCUT2D eigenvalue weighted by molar-refractivity contribution is 9.10. The molecule has 4 aromatic rings. The molecular weight excluding hydrogens is 465 g/mol. The van der Waals surface area contributed by atoms with Crippen LogP contribution in [0.2, 0.25) is 0 Å². The molecule has 0 radical (unpaired) electrons. The number of H-pyrrole nitrogens is 1. The first-order valence-electron chi connectivity index (χ1n) is 8.55. The van der Waals surface area contributed by atoms with Gasteiger partial charge in [0, 0.05) is 22.6 Å². The van der Waals surface area contributed by atoms with E-state index in [1.165, 1.54) is 0 Å². The molecule has 0 atom stereocenters. The summed E-state index contributed by atoms with van der Waals surface area (Å²) in [6.07, 6.45) is -1.30. The number of carbonyl (C=O) groups is 1. The standard InChI is InChI=1S/C20H12BrF3N4O2/c21-15-9-11(20(22,23)24)10-16-17(15)28-18(27-16)19(29)26-12-1-3-13(4-2-12)30-14-5-7-25-8-6-14/h1-10H,(H,26,29)(H,27,28). The number of aromatic nitrogens is 3. The summed E-state index contributed by atoms with van der Waals surface area (Å²) in [7, 11) is 0. The van der Waals surface area contributed by atoms with E-state index in [1.807, 2.05) is 0 Å². The number of nitrogens with one attached hydrogen (secondary N) is 2. The molecule has 152 valence electrons. The molecule has 10 heteroatoms. The maximum Gasteiger partial charge on any atom is 0.416 e. The number of alkyl halides is 3. The van der Waals surface area contributed by atoms with E-state index in [0.29, 0.717) is 17.2 Å². The van der Waals surface area contributed by atoms with Gasteiger partial charge in [-0.1, -0.05) is 0 Å². The second-order valence-corrected chi connectivity index (χ2v) is 7.06. The molecule has 4 rings (SSSR count). The fourth-order valence-electron chi connectivity index (χ4n) is 2.69. The lowest BCUT2D eigenvalue weighted by Gasteiger charge is -2.07. The lowest BCUT2D eigenvalue weighted by atomic mass is 10.2. The summed E-state index contributed by atoms with van der Waals surface area (Å²) >= 11 is 3.07. The Morgan fingerprint density at radius 2 is 1.70 bits per heavy atom. The highest BCUT2D eigenvalue weighted by atomic mass is 79.9. The van der Waals surface area contributed by atoms with Crippen LogP contribution in [0.25, 0.3) is 11.0 Å². The van der Waals surface area contributed by atoms with Crippen molar-refractivity contribution in [3.05, 3.63) is 76.8 Å². The molecule has 0 aliphatic heterocycles. The number of benzene rings is 2. The Kier molecular flexibility index (Phi) is 5.17. The third-order valence-electron chi connectivity index (χ3n) is 4.08. The zero-order chi connectivity index (χ0) is 21.3. The van der Waals surface area contributed by atoms with Crippen LogP contribution in [-0.4, -0.2) is 20.9 Å². The van der Waals surface area contributed by atoms with Gasteiger partial charge in [0.1, 0.15) is 17.0 Å². The number of halogens is 4. The van der Waals surface area contributed by atoms with Gasteiger partial charge >= 0.3 is 6.18 Å². The molecule has 1 amide bonds. The molecular formula is C20H12BrF3N4O2. The average molecular weight is 477 g/mol. The van der Waals surface area contributed by atoms with Gasteiger partial charge in [-0.05, 0) is 64.5 Å². The van der Waals surface area contributed by atoms with Crippen LogP contribution in [0.3, 0.4) is 0 Å². The van der Waals surface area contributed by atoms with Crippen LogP contribution >= 0.6 is 15.9 Å². The van der Waals surface area contributed by atoms with E-state index in [9.17, 15) is 18.0 Å². The summed E-state index contributed by atoms with van der Waals surface area (Å²) in [4.78, 5) is 23.1. The SMILES string of the molecule is O=C(Nc1ccc(Oc2ccncc2)cc1)c1nc2c(Br)cc(C(F)(F)F)cc2[nH]1. The van der Waals surface area contributed by atoms with Crippen molar-refractivity contribution in [2.75, 3.05) is 5.32 Å². The third-order valence-corrected chi connectivity index (χ3v) is 4.68. The Bertz CT molecular complexity index is 1210. The number of hydrogen-bond donors (Lipinski definition) is 2. The number of fused-ring (bicyclic) bond motifs is 1. The topological polar surface area (TPSA) is 79.9 Å². The molecule has 2 N–H and O–H groups in total. The Labute approximate surface area is 176 Å². The van der Waals surface area contributed by atoms with Gasteiger partial charge in [-0.15, -0.1) is 0 Å². The van der Waals surface area contributed by atoms with Crippen LogP contribution < -0.4 is 10.1 Å². The van der Waals surface area contributed by atoms with Gasteiger partial charge in [0.15, 0.2) is 5.82 Å². The molecule has 2 aromatic heterocycles. The number of rotatable bonds is 4. The predicted octanol–water partition coefficient (Wildman–Crippen LogP) is 5.78. The Morgan fingerprint density at radius 1 is 1.03 bits per heavy atom. The number of ether oxygens (including phenoxy) is 1. The fourth-order valence-corrected chi connectivity index (χ4v) is 3.23. The van der Waals surface area contributed by atoms with Crippen LogP contribution in [0.5, 0.6) is 11.5 Å². The molecule has 0 bridgehead atoms. The quantitative estimate of drug-likeness (QED) is 0.391. The van der Waals surface area contributed by atoms with Crippen LogP contribution in [0.1, 0.15) is 16.2 Å². The van der Waals surface area contributed by atoms with E-state index in [2.05, 4.69) is 36.2 Å². The van der Waals surface area contributed by atoms with Crippen molar-refractivity contribution in [3.63, 3.8) is 0 Å². The maximum atomic E-state index is 13.0. The number of anilines is 1. The number of nitrogens with zero attached hydrogens (tertiary/aromatic N) is 2. The second-order valence-electron chi connectivity index (χ2n) is 6.20. The number of imidazole rings is 1. The monoisotopic (exact) mass is 476 g/mol. The molecule has 0 saturated carbocycles. The maximum absolute atomic E-state index is 13.0. The Balaban J connectivity index is 1.51. The molecule has 0 aliphatic carbocycles. The minimum Gasteiger partial charge on any atom is -0.457 e. The second kappa shape index (κ2) is 7.79. The van der Waals surface area contributed by atoms with E-state index >= 15 is 0 Å². The minimum absolute atomic E-state index is 0.1000. The highest BCUT2D eigenvalue weighted by Crippen LogP contribution is 2.34. The lowest BCUT2D eigenvalue weighted by molar-refractivity contribution is -0.137. The molecule has 2 heterocycles. The van der Waals surface area contributed by atoms with Crippen LogP contribution in [-0.2, 0) is 6.18 Å². The van der Waals surface area contributed by atoms with Crippen LogP contribution in [0.15, 0.2) is 65.4 Å². The van der Waals surface area contributed by atoms with Crippen molar-refractivity contribution < 1.29 is 22.7 Å². The Morgan fingerprint density at radius 3 is 2.37 bits per heavy atom. The summed E-state index contributed by atoms with van der Waals surface area (Å²) in [6.45, 7) is 0. The van der Waals surface area contributed by atoms with Crippen molar-refractivity contribution in [3.8, 4) is 11.5 Å². The first-order chi connectivity index (χ1) is 14.3. The van der Waals surface area contributed by atoms with E-state index < -0.39 is 17.6 Å². The zero-order valence-electron chi connectivity index (χ0n) is 15.0. The van der Waals surface area contributed by atoms with Crippen LogP contribution in [0.4, 0.5) is 18.9 Å². The molecule has 2 aromatic carbocycles. The van der Waals surface area contributed by atoms with Crippen molar-refractivity contribution in [1.82, 2.24) is 15.0 Å². The fraction of sp³-hybridized carbons (Fsp3) is 0.0500. The number of carbonyl (C=O) groups excluding carboxylic acids is 1. The van der Waals surface area contributed by atoms with Gasteiger partial charge < -0.3 is 15.0 Å². The number of pyridine rings is 1.